The summed E-state index contributed by atoms with van der Waals surface area (Å²) in [5.74, 6) is -1.58. The van der Waals surface area contributed by atoms with Crippen molar-refractivity contribution < 1.29 is 14.3 Å². The minimum atomic E-state index is -1.10. The Morgan fingerprint density at radius 1 is 1.25 bits per heavy atom. The standard InChI is InChI=1S/C14H7BrFNO2S/c15-13-4-3-12(20-13)11-6-9(14(18)19)8-5-7(16)1-2-10(8)17-11/h1-6H,(H,18,19). The average molecular weight is 352 g/mol. The number of benzene rings is 1. The second-order valence-electron chi connectivity index (χ2n) is 4.13. The summed E-state index contributed by atoms with van der Waals surface area (Å²) < 4.78 is 14.2. The molecule has 1 N–H and O–H groups in total. The highest BCUT2D eigenvalue weighted by Crippen LogP contribution is 2.32. The molecule has 0 aliphatic carbocycles. The fraction of sp³-hybridized carbons (Fsp3) is 0. The summed E-state index contributed by atoms with van der Waals surface area (Å²) >= 11 is 4.82. The zero-order valence-corrected chi connectivity index (χ0v) is 12.3. The van der Waals surface area contributed by atoms with E-state index in [1.54, 1.807) is 0 Å². The van der Waals surface area contributed by atoms with Gasteiger partial charge in [-0.1, -0.05) is 0 Å². The Balaban J connectivity index is 2.31. The molecule has 0 saturated carbocycles. The van der Waals surface area contributed by atoms with Crippen molar-refractivity contribution >= 4 is 44.1 Å². The van der Waals surface area contributed by atoms with Crippen molar-refractivity contribution in [1.82, 2.24) is 4.98 Å². The van der Waals surface area contributed by atoms with Gasteiger partial charge in [-0.2, -0.15) is 0 Å². The number of hydrogen-bond donors (Lipinski definition) is 1. The molecule has 3 nitrogen and oxygen atoms in total. The van der Waals surface area contributed by atoms with Crippen LogP contribution in [0.3, 0.4) is 0 Å². The van der Waals surface area contributed by atoms with Crippen molar-refractivity contribution in [2.75, 3.05) is 0 Å². The summed E-state index contributed by atoms with van der Waals surface area (Å²) in [7, 11) is 0. The van der Waals surface area contributed by atoms with Gasteiger partial charge in [-0.15, -0.1) is 11.3 Å². The normalized spacial score (nSPS) is 10.9. The van der Waals surface area contributed by atoms with E-state index in [0.717, 1.165) is 8.66 Å². The first-order valence-corrected chi connectivity index (χ1v) is 7.25. The number of nitrogens with zero attached hydrogens (tertiary/aromatic N) is 1. The monoisotopic (exact) mass is 351 g/mol. The Bertz CT molecular complexity index is 831. The number of halogens is 2. The molecule has 3 aromatic rings. The van der Waals surface area contributed by atoms with E-state index in [4.69, 9.17) is 0 Å². The van der Waals surface area contributed by atoms with Gasteiger partial charge < -0.3 is 5.11 Å². The van der Waals surface area contributed by atoms with Crippen LogP contribution in [0, 0.1) is 5.82 Å². The van der Waals surface area contributed by atoms with E-state index in [1.165, 1.54) is 35.6 Å². The van der Waals surface area contributed by atoms with Crippen LogP contribution in [-0.4, -0.2) is 16.1 Å². The van der Waals surface area contributed by atoms with E-state index in [2.05, 4.69) is 20.9 Å². The second-order valence-corrected chi connectivity index (χ2v) is 6.59. The lowest BCUT2D eigenvalue weighted by Crippen LogP contribution is -2.00. The molecule has 20 heavy (non-hydrogen) atoms. The maximum Gasteiger partial charge on any atom is 0.336 e. The topological polar surface area (TPSA) is 50.2 Å². The van der Waals surface area contributed by atoms with Crippen LogP contribution in [0.5, 0.6) is 0 Å². The van der Waals surface area contributed by atoms with Crippen molar-refractivity contribution in [2.24, 2.45) is 0 Å². The maximum absolute atomic E-state index is 13.3. The molecule has 0 saturated heterocycles. The number of thiophene rings is 1. The van der Waals surface area contributed by atoms with Gasteiger partial charge in [0.15, 0.2) is 0 Å². The van der Waals surface area contributed by atoms with Gasteiger partial charge in [0.25, 0.3) is 0 Å². The molecule has 2 heterocycles. The zero-order valence-electron chi connectivity index (χ0n) is 9.93. The van der Waals surface area contributed by atoms with Gasteiger partial charge in [0.05, 0.1) is 25.4 Å². The van der Waals surface area contributed by atoms with Crippen molar-refractivity contribution in [2.45, 2.75) is 0 Å². The number of carboxylic acids is 1. The predicted molar refractivity (Wildman–Crippen MR) is 79.7 cm³/mol. The summed E-state index contributed by atoms with van der Waals surface area (Å²) in [6.45, 7) is 0. The Kier molecular flexibility index (Phi) is 3.27. The zero-order chi connectivity index (χ0) is 14.3. The molecule has 100 valence electrons. The van der Waals surface area contributed by atoms with Crippen molar-refractivity contribution in [3.8, 4) is 10.6 Å². The highest BCUT2D eigenvalue weighted by molar-refractivity contribution is 9.11. The number of hydrogen-bond acceptors (Lipinski definition) is 3. The van der Waals surface area contributed by atoms with Crippen LogP contribution in [0.25, 0.3) is 21.5 Å². The number of rotatable bonds is 2. The fourth-order valence-corrected chi connectivity index (χ4v) is 3.30. The van der Waals surface area contributed by atoms with Crippen LogP contribution in [0.15, 0.2) is 40.2 Å². The highest BCUT2D eigenvalue weighted by Gasteiger charge is 2.14. The molecule has 0 aliphatic rings. The van der Waals surface area contributed by atoms with E-state index in [9.17, 15) is 14.3 Å². The number of carboxylic acid groups (broad SMARTS) is 1. The lowest BCUT2D eigenvalue weighted by Gasteiger charge is -2.05. The van der Waals surface area contributed by atoms with Crippen molar-refractivity contribution in [1.29, 1.82) is 0 Å². The molecular weight excluding hydrogens is 345 g/mol. The Labute approximate surface area is 125 Å². The smallest absolute Gasteiger partial charge is 0.336 e. The van der Waals surface area contributed by atoms with Crippen molar-refractivity contribution in [3.63, 3.8) is 0 Å². The quantitative estimate of drug-likeness (QED) is 0.735. The molecule has 0 bridgehead atoms. The van der Waals surface area contributed by atoms with E-state index in [1.807, 2.05) is 12.1 Å². The predicted octanol–water partition coefficient (Wildman–Crippen LogP) is 4.56. The summed E-state index contributed by atoms with van der Waals surface area (Å²) in [6.07, 6.45) is 0. The lowest BCUT2D eigenvalue weighted by molar-refractivity contribution is 0.0699. The summed E-state index contributed by atoms with van der Waals surface area (Å²) in [5, 5.41) is 9.60. The Hall–Kier alpha value is -1.79. The molecule has 0 unspecified atom stereocenters. The van der Waals surface area contributed by atoms with Crippen LogP contribution in [0.4, 0.5) is 4.39 Å². The first kappa shape index (κ1) is 13.2. The maximum atomic E-state index is 13.3. The average Bonchev–Trinajstić information content (AvgIpc) is 2.84. The van der Waals surface area contributed by atoms with E-state index >= 15 is 0 Å². The third kappa shape index (κ3) is 2.32. The van der Waals surface area contributed by atoms with Gasteiger partial charge in [-0.05, 0) is 52.3 Å². The summed E-state index contributed by atoms with van der Waals surface area (Å²) in [4.78, 5) is 16.6. The largest absolute Gasteiger partial charge is 0.478 e. The molecule has 6 heteroatoms. The van der Waals surface area contributed by atoms with Gasteiger partial charge in [0.2, 0.25) is 0 Å². The van der Waals surface area contributed by atoms with E-state index in [-0.39, 0.29) is 5.56 Å². The highest BCUT2D eigenvalue weighted by atomic mass is 79.9. The number of carbonyl (C=O) groups is 1. The molecule has 1 aromatic carbocycles. The first-order valence-electron chi connectivity index (χ1n) is 5.64. The van der Waals surface area contributed by atoms with Gasteiger partial charge in [0, 0.05) is 5.39 Å². The van der Waals surface area contributed by atoms with Crippen LogP contribution in [-0.2, 0) is 0 Å². The summed E-state index contributed by atoms with van der Waals surface area (Å²) in [6, 6.07) is 9.16. The first-order chi connectivity index (χ1) is 9.54. The third-order valence-corrected chi connectivity index (χ3v) is 4.47. The summed E-state index contributed by atoms with van der Waals surface area (Å²) in [5.41, 5.74) is 1.08. The molecule has 2 aromatic heterocycles. The number of aromatic carboxylic acids is 1. The fourth-order valence-electron chi connectivity index (χ4n) is 1.95. The minimum Gasteiger partial charge on any atom is -0.478 e. The SMILES string of the molecule is O=C(O)c1cc(-c2ccc(Br)s2)nc2ccc(F)cc12. The molecule has 0 atom stereocenters. The van der Waals surface area contributed by atoms with Crippen LogP contribution in [0.2, 0.25) is 0 Å². The molecule has 0 spiro atoms. The van der Waals surface area contributed by atoms with Crippen LogP contribution in [0.1, 0.15) is 10.4 Å². The Morgan fingerprint density at radius 2 is 2.05 bits per heavy atom. The van der Waals surface area contributed by atoms with Crippen LogP contribution < -0.4 is 0 Å². The Morgan fingerprint density at radius 3 is 2.70 bits per heavy atom. The molecule has 0 radical (unpaired) electrons. The molecule has 0 aliphatic heterocycles. The molecule has 3 rings (SSSR count). The van der Waals surface area contributed by atoms with Crippen LogP contribution >= 0.6 is 27.3 Å². The lowest BCUT2D eigenvalue weighted by atomic mass is 10.1. The third-order valence-electron chi connectivity index (χ3n) is 2.83. The van der Waals surface area contributed by atoms with Gasteiger partial charge in [-0.25, -0.2) is 14.2 Å². The molecule has 0 amide bonds. The minimum absolute atomic E-state index is 0.0500. The van der Waals surface area contributed by atoms with Gasteiger partial charge in [0.1, 0.15) is 5.82 Å². The number of aromatic nitrogens is 1. The van der Waals surface area contributed by atoms with Gasteiger partial charge in [-0.3, -0.25) is 0 Å². The second kappa shape index (κ2) is 4.96. The van der Waals surface area contributed by atoms with E-state index < -0.39 is 11.8 Å². The molecular formula is C14H7BrFNO2S. The van der Waals surface area contributed by atoms with E-state index in [0.29, 0.717) is 16.6 Å². The van der Waals surface area contributed by atoms with Gasteiger partial charge >= 0.3 is 5.97 Å². The van der Waals surface area contributed by atoms with Crippen molar-refractivity contribution in [3.05, 3.63) is 51.6 Å². The number of pyridine rings is 1. The molecule has 0 fully saturated rings. The number of fused-ring (bicyclic) bond motifs is 1.